The molecule has 0 saturated carbocycles. The molecule has 0 radical (unpaired) electrons. The predicted molar refractivity (Wildman–Crippen MR) is 91.7 cm³/mol. The number of aryl methyl sites for hydroxylation is 1. The molecule has 2 heterocycles. The van der Waals surface area contributed by atoms with Crippen molar-refractivity contribution in [2.75, 3.05) is 23.3 Å². The first-order chi connectivity index (χ1) is 11.9. The molecular formula is C18H20F2N4O. The summed E-state index contributed by atoms with van der Waals surface area (Å²) in [6.07, 6.45) is 2.22. The van der Waals surface area contributed by atoms with Gasteiger partial charge in [0.2, 0.25) is 5.95 Å². The molecule has 1 aliphatic rings. The Balaban J connectivity index is 1.82. The quantitative estimate of drug-likeness (QED) is 0.923. The average molecular weight is 346 g/mol. The molecule has 1 saturated heterocycles. The van der Waals surface area contributed by atoms with Crippen LogP contribution in [0.15, 0.2) is 24.3 Å². The van der Waals surface area contributed by atoms with Gasteiger partial charge in [-0.15, -0.1) is 0 Å². The van der Waals surface area contributed by atoms with E-state index in [9.17, 15) is 13.6 Å². The number of anilines is 2. The Kier molecular flexibility index (Phi) is 4.92. The van der Waals surface area contributed by atoms with E-state index in [1.807, 2.05) is 0 Å². The summed E-state index contributed by atoms with van der Waals surface area (Å²) in [4.78, 5) is 23.3. The van der Waals surface area contributed by atoms with Crippen LogP contribution in [-0.2, 0) is 0 Å². The van der Waals surface area contributed by atoms with E-state index < -0.39 is 17.5 Å². The Morgan fingerprint density at radius 2 is 2.08 bits per heavy atom. The summed E-state index contributed by atoms with van der Waals surface area (Å²) in [5.74, 6) is -1.03. The van der Waals surface area contributed by atoms with E-state index in [4.69, 9.17) is 0 Å². The Bertz CT molecular complexity index is 797. The van der Waals surface area contributed by atoms with Crippen LogP contribution in [0.2, 0.25) is 0 Å². The van der Waals surface area contributed by atoms with Gasteiger partial charge in [0.05, 0.1) is 5.69 Å². The lowest BCUT2D eigenvalue weighted by Gasteiger charge is -2.31. The number of carbonyl (C=O) groups excluding carboxylic acids is 1. The summed E-state index contributed by atoms with van der Waals surface area (Å²) in [5.41, 5.74) is 0.730. The molecule has 1 unspecified atom stereocenters. The second-order valence-electron chi connectivity index (χ2n) is 6.47. The Morgan fingerprint density at radius 3 is 2.80 bits per heavy atom. The highest BCUT2D eigenvalue weighted by atomic mass is 19.1. The number of aromatic nitrogens is 2. The van der Waals surface area contributed by atoms with E-state index in [1.54, 1.807) is 13.0 Å². The SMILES string of the molecule is Cc1cc(C(=O)Nc2ccc(F)cc2F)nc(N2CCCC(C)C2)n1. The highest BCUT2D eigenvalue weighted by Gasteiger charge is 2.21. The number of nitrogens with one attached hydrogen (secondary N) is 1. The van der Waals surface area contributed by atoms with E-state index in [0.29, 0.717) is 17.6 Å². The van der Waals surface area contributed by atoms with Gasteiger partial charge >= 0.3 is 0 Å². The molecule has 1 fully saturated rings. The molecule has 1 aromatic heterocycles. The maximum absolute atomic E-state index is 13.7. The van der Waals surface area contributed by atoms with E-state index >= 15 is 0 Å². The van der Waals surface area contributed by atoms with Gasteiger partial charge in [0.15, 0.2) is 0 Å². The Morgan fingerprint density at radius 1 is 1.28 bits per heavy atom. The number of rotatable bonds is 3. The molecule has 5 nitrogen and oxygen atoms in total. The smallest absolute Gasteiger partial charge is 0.274 e. The summed E-state index contributed by atoms with van der Waals surface area (Å²) >= 11 is 0. The highest BCUT2D eigenvalue weighted by Crippen LogP contribution is 2.21. The van der Waals surface area contributed by atoms with Gasteiger partial charge < -0.3 is 10.2 Å². The summed E-state index contributed by atoms with van der Waals surface area (Å²) < 4.78 is 26.7. The summed E-state index contributed by atoms with van der Waals surface area (Å²) in [6, 6.07) is 4.54. The van der Waals surface area contributed by atoms with Crippen LogP contribution < -0.4 is 10.2 Å². The molecular weight excluding hydrogens is 326 g/mol. The first-order valence-electron chi connectivity index (χ1n) is 8.29. The fraction of sp³-hybridized carbons (Fsp3) is 0.389. The topological polar surface area (TPSA) is 58.1 Å². The Labute approximate surface area is 145 Å². The van der Waals surface area contributed by atoms with Crippen LogP contribution in [0.25, 0.3) is 0 Å². The largest absolute Gasteiger partial charge is 0.341 e. The zero-order chi connectivity index (χ0) is 18.0. The van der Waals surface area contributed by atoms with Crippen LogP contribution in [0.4, 0.5) is 20.4 Å². The molecule has 1 atom stereocenters. The van der Waals surface area contributed by atoms with Crippen molar-refractivity contribution in [2.24, 2.45) is 5.92 Å². The summed E-state index contributed by atoms with van der Waals surface area (Å²) in [6.45, 7) is 5.65. The van der Waals surface area contributed by atoms with Gasteiger partial charge in [0.1, 0.15) is 17.3 Å². The minimum atomic E-state index is -0.829. The van der Waals surface area contributed by atoms with E-state index in [2.05, 4.69) is 27.1 Å². The molecule has 0 bridgehead atoms. The molecule has 2 aromatic rings. The van der Waals surface area contributed by atoms with Crippen LogP contribution in [0.1, 0.15) is 35.9 Å². The van der Waals surface area contributed by atoms with Gasteiger partial charge in [-0.3, -0.25) is 4.79 Å². The third-order valence-corrected chi connectivity index (χ3v) is 4.19. The number of piperidine rings is 1. The first kappa shape index (κ1) is 17.3. The minimum absolute atomic E-state index is 0.0872. The normalized spacial score (nSPS) is 17.4. The van der Waals surface area contributed by atoms with Crippen LogP contribution in [-0.4, -0.2) is 29.0 Å². The molecule has 25 heavy (non-hydrogen) atoms. The summed E-state index contributed by atoms with van der Waals surface area (Å²) in [7, 11) is 0. The Hall–Kier alpha value is -2.57. The van der Waals surface area contributed by atoms with Gasteiger partial charge in [-0.1, -0.05) is 6.92 Å². The van der Waals surface area contributed by atoms with Crippen molar-refractivity contribution in [3.8, 4) is 0 Å². The van der Waals surface area contributed by atoms with Crippen molar-refractivity contribution in [1.82, 2.24) is 9.97 Å². The minimum Gasteiger partial charge on any atom is -0.341 e. The number of halogens is 2. The lowest BCUT2D eigenvalue weighted by Crippen LogP contribution is -2.36. The number of hydrogen-bond donors (Lipinski definition) is 1. The average Bonchev–Trinajstić information content (AvgIpc) is 2.57. The molecule has 0 aliphatic carbocycles. The first-order valence-corrected chi connectivity index (χ1v) is 8.29. The monoisotopic (exact) mass is 346 g/mol. The van der Waals surface area contributed by atoms with E-state index in [1.165, 1.54) is 12.5 Å². The molecule has 1 N–H and O–H groups in total. The zero-order valence-electron chi connectivity index (χ0n) is 14.2. The van der Waals surface area contributed by atoms with Gasteiger partial charge in [-0.25, -0.2) is 18.7 Å². The van der Waals surface area contributed by atoms with Crippen LogP contribution >= 0.6 is 0 Å². The third-order valence-electron chi connectivity index (χ3n) is 4.19. The lowest BCUT2D eigenvalue weighted by atomic mass is 10.0. The fourth-order valence-electron chi connectivity index (χ4n) is 2.96. The molecule has 0 spiro atoms. The van der Waals surface area contributed by atoms with E-state index in [0.717, 1.165) is 31.6 Å². The second-order valence-corrected chi connectivity index (χ2v) is 6.47. The van der Waals surface area contributed by atoms with Crippen LogP contribution in [0, 0.1) is 24.5 Å². The van der Waals surface area contributed by atoms with E-state index in [-0.39, 0.29) is 11.4 Å². The molecule has 1 amide bonds. The number of nitrogens with zero attached hydrogens (tertiary/aromatic N) is 3. The second kappa shape index (κ2) is 7.13. The predicted octanol–water partition coefficient (Wildman–Crippen LogP) is 3.55. The number of amides is 1. The van der Waals surface area contributed by atoms with Crippen molar-refractivity contribution in [2.45, 2.75) is 26.7 Å². The van der Waals surface area contributed by atoms with Gasteiger partial charge in [-0.05, 0) is 43.9 Å². The third kappa shape index (κ3) is 4.10. The lowest BCUT2D eigenvalue weighted by molar-refractivity contribution is 0.102. The van der Waals surface area contributed by atoms with Crippen molar-refractivity contribution in [1.29, 1.82) is 0 Å². The van der Waals surface area contributed by atoms with Crippen molar-refractivity contribution in [3.63, 3.8) is 0 Å². The standard InChI is InChI=1S/C18H20F2N4O/c1-11-4-3-7-24(10-11)18-21-12(2)8-16(23-18)17(25)22-15-6-5-13(19)9-14(15)20/h5-6,8-9,11H,3-4,7,10H2,1-2H3,(H,22,25). The molecule has 132 valence electrons. The molecule has 1 aromatic carbocycles. The zero-order valence-corrected chi connectivity index (χ0v) is 14.2. The molecule has 7 heteroatoms. The van der Waals surface area contributed by atoms with Crippen molar-refractivity contribution >= 4 is 17.5 Å². The number of hydrogen-bond acceptors (Lipinski definition) is 4. The maximum atomic E-state index is 13.7. The molecule has 3 rings (SSSR count). The number of carbonyl (C=O) groups is 1. The van der Waals surface area contributed by atoms with Gasteiger partial charge in [0, 0.05) is 24.8 Å². The highest BCUT2D eigenvalue weighted by molar-refractivity contribution is 6.03. The van der Waals surface area contributed by atoms with Gasteiger partial charge in [-0.2, -0.15) is 0 Å². The van der Waals surface area contributed by atoms with Crippen molar-refractivity contribution < 1.29 is 13.6 Å². The summed E-state index contributed by atoms with van der Waals surface area (Å²) in [5, 5.41) is 2.43. The van der Waals surface area contributed by atoms with Crippen LogP contribution in [0.5, 0.6) is 0 Å². The maximum Gasteiger partial charge on any atom is 0.274 e. The fourth-order valence-corrected chi connectivity index (χ4v) is 2.96. The molecule has 1 aliphatic heterocycles. The van der Waals surface area contributed by atoms with Crippen LogP contribution in [0.3, 0.4) is 0 Å². The van der Waals surface area contributed by atoms with Crippen molar-refractivity contribution in [3.05, 3.63) is 47.3 Å². The van der Waals surface area contributed by atoms with Gasteiger partial charge in [0.25, 0.3) is 5.91 Å². The number of benzene rings is 1.